The van der Waals surface area contributed by atoms with Crippen molar-refractivity contribution in [2.24, 2.45) is 0 Å². The SMILES string of the molecule is Cc1cn([C@@H]2O[C@H](COP(=O)(O)O)[C@H](O)[C@H]2O)c(=O)c2ccccc12. The third-order valence-corrected chi connectivity index (χ3v) is 4.65. The van der Waals surface area contributed by atoms with Crippen molar-refractivity contribution in [1.82, 2.24) is 4.57 Å². The highest BCUT2D eigenvalue weighted by molar-refractivity contribution is 7.46. The number of aromatic nitrogens is 1. The lowest BCUT2D eigenvalue weighted by molar-refractivity contribution is -0.0534. The van der Waals surface area contributed by atoms with E-state index in [1.54, 1.807) is 31.2 Å². The Hall–Kier alpha value is -1.58. The van der Waals surface area contributed by atoms with E-state index in [4.69, 9.17) is 14.5 Å². The molecule has 10 heteroatoms. The number of nitrogens with zero attached hydrogens (tertiary/aromatic N) is 1. The number of ether oxygens (including phenoxy) is 1. The number of aryl methyl sites for hydroxylation is 1. The van der Waals surface area contributed by atoms with Gasteiger partial charge in [0.2, 0.25) is 0 Å². The molecule has 0 amide bonds. The molecule has 1 fully saturated rings. The van der Waals surface area contributed by atoms with Crippen molar-refractivity contribution in [2.45, 2.75) is 31.5 Å². The van der Waals surface area contributed by atoms with Crippen LogP contribution < -0.4 is 5.56 Å². The van der Waals surface area contributed by atoms with Crippen LogP contribution in [0.4, 0.5) is 0 Å². The number of benzene rings is 1. The van der Waals surface area contributed by atoms with E-state index in [0.29, 0.717) is 5.39 Å². The maximum atomic E-state index is 12.7. The highest BCUT2D eigenvalue weighted by Gasteiger charge is 2.45. The van der Waals surface area contributed by atoms with Crippen LogP contribution in [0.15, 0.2) is 35.3 Å². The number of phosphoric ester groups is 1. The zero-order valence-electron chi connectivity index (χ0n) is 13.2. The van der Waals surface area contributed by atoms with Gasteiger partial charge in [0.15, 0.2) is 6.23 Å². The van der Waals surface area contributed by atoms with Gasteiger partial charge >= 0.3 is 7.82 Å². The Morgan fingerprint density at radius 3 is 2.48 bits per heavy atom. The first-order valence-corrected chi connectivity index (χ1v) is 9.04. The molecule has 3 rings (SSSR count). The standard InChI is InChI=1S/C15H18NO8P/c1-8-6-16(14(19)10-5-3-2-4-9(8)10)15-13(18)12(17)11(24-15)7-23-25(20,21)22/h2-6,11-13,15,17-18H,7H2,1H3,(H2,20,21,22)/t11-,12+,13-,15-/m1/s1. The molecule has 0 spiro atoms. The molecule has 0 saturated carbocycles. The summed E-state index contributed by atoms with van der Waals surface area (Å²) in [6.07, 6.45) is -3.79. The van der Waals surface area contributed by atoms with E-state index >= 15 is 0 Å². The lowest BCUT2D eigenvalue weighted by Gasteiger charge is -2.19. The molecule has 1 saturated heterocycles. The number of rotatable bonds is 4. The molecular weight excluding hydrogens is 353 g/mol. The van der Waals surface area contributed by atoms with Crippen molar-refractivity contribution in [1.29, 1.82) is 0 Å². The first-order chi connectivity index (χ1) is 11.7. The molecule has 0 unspecified atom stereocenters. The van der Waals surface area contributed by atoms with Gasteiger partial charge in [-0.1, -0.05) is 18.2 Å². The topological polar surface area (TPSA) is 138 Å². The zero-order valence-corrected chi connectivity index (χ0v) is 14.1. The first kappa shape index (κ1) is 18.2. The fourth-order valence-corrected chi connectivity index (χ4v) is 3.29. The van der Waals surface area contributed by atoms with Gasteiger partial charge in [-0.3, -0.25) is 13.9 Å². The van der Waals surface area contributed by atoms with Crippen molar-refractivity contribution in [3.05, 3.63) is 46.4 Å². The normalized spacial score (nSPS) is 27.1. The molecule has 1 aliphatic rings. The maximum absolute atomic E-state index is 12.7. The first-order valence-electron chi connectivity index (χ1n) is 7.51. The Bertz CT molecular complexity index is 891. The molecule has 2 aromatic rings. The molecule has 0 aliphatic carbocycles. The van der Waals surface area contributed by atoms with E-state index in [-0.39, 0.29) is 0 Å². The molecule has 0 radical (unpaired) electrons. The van der Waals surface area contributed by atoms with Crippen molar-refractivity contribution in [2.75, 3.05) is 6.61 Å². The van der Waals surface area contributed by atoms with Crippen molar-refractivity contribution in [3.63, 3.8) is 0 Å². The summed E-state index contributed by atoms with van der Waals surface area (Å²) in [6, 6.07) is 6.96. The van der Waals surface area contributed by atoms with Crippen LogP contribution in [0.5, 0.6) is 0 Å². The van der Waals surface area contributed by atoms with Crippen molar-refractivity contribution < 1.29 is 33.8 Å². The van der Waals surface area contributed by atoms with Crippen LogP contribution >= 0.6 is 7.82 Å². The van der Waals surface area contributed by atoms with Crippen LogP contribution in [0.3, 0.4) is 0 Å². The van der Waals surface area contributed by atoms with Crippen LogP contribution in [0.25, 0.3) is 10.8 Å². The van der Waals surface area contributed by atoms with Gasteiger partial charge in [-0.05, 0) is 23.9 Å². The van der Waals surface area contributed by atoms with E-state index in [9.17, 15) is 19.6 Å². The summed E-state index contributed by atoms with van der Waals surface area (Å²) >= 11 is 0. The number of aliphatic hydroxyl groups excluding tert-OH is 2. The van der Waals surface area contributed by atoms with Crippen LogP contribution in [0, 0.1) is 6.92 Å². The van der Waals surface area contributed by atoms with E-state index < -0.39 is 44.5 Å². The molecule has 1 aliphatic heterocycles. The van der Waals surface area contributed by atoms with Crippen LogP contribution in [-0.2, 0) is 13.8 Å². The summed E-state index contributed by atoms with van der Waals surface area (Å²) in [4.78, 5) is 30.2. The molecule has 9 nitrogen and oxygen atoms in total. The zero-order chi connectivity index (χ0) is 18.4. The summed E-state index contributed by atoms with van der Waals surface area (Å²) in [7, 11) is -4.75. The van der Waals surface area contributed by atoms with Gasteiger partial charge in [0.1, 0.15) is 18.3 Å². The molecular formula is C15H18NO8P. The summed E-state index contributed by atoms with van der Waals surface area (Å²) in [5.74, 6) is 0. The van der Waals surface area contributed by atoms with Gasteiger partial charge in [-0.15, -0.1) is 0 Å². The van der Waals surface area contributed by atoms with Gasteiger partial charge in [0.25, 0.3) is 5.56 Å². The molecule has 4 N–H and O–H groups in total. The lowest BCUT2D eigenvalue weighted by atomic mass is 10.1. The Labute approximate surface area is 142 Å². The van der Waals surface area contributed by atoms with E-state index in [1.807, 2.05) is 0 Å². The molecule has 2 heterocycles. The number of hydrogen-bond donors (Lipinski definition) is 4. The van der Waals surface area contributed by atoms with Crippen LogP contribution in [-0.4, -0.2) is 49.5 Å². The highest BCUT2D eigenvalue weighted by atomic mass is 31.2. The fourth-order valence-electron chi connectivity index (χ4n) is 2.95. The monoisotopic (exact) mass is 371 g/mol. The summed E-state index contributed by atoms with van der Waals surface area (Å²) in [6.45, 7) is 1.17. The van der Waals surface area contributed by atoms with Crippen LogP contribution in [0.1, 0.15) is 11.8 Å². The Kier molecular flexibility index (Phi) is 4.82. The van der Waals surface area contributed by atoms with E-state index in [2.05, 4.69) is 4.52 Å². The van der Waals surface area contributed by atoms with Gasteiger partial charge < -0.3 is 24.7 Å². The van der Waals surface area contributed by atoms with E-state index in [0.717, 1.165) is 10.9 Å². The van der Waals surface area contributed by atoms with Gasteiger partial charge in [-0.25, -0.2) is 4.57 Å². The number of fused-ring (bicyclic) bond motifs is 1. The minimum absolute atomic E-state index is 0.408. The van der Waals surface area contributed by atoms with Gasteiger partial charge in [-0.2, -0.15) is 0 Å². The number of aliphatic hydroxyl groups is 2. The number of pyridine rings is 1. The van der Waals surface area contributed by atoms with E-state index in [1.165, 1.54) is 10.8 Å². The maximum Gasteiger partial charge on any atom is 0.469 e. The second-order valence-corrected chi connectivity index (χ2v) is 7.14. The Morgan fingerprint density at radius 2 is 1.84 bits per heavy atom. The largest absolute Gasteiger partial charge is 0.469 e. The average Bonchev–Trinajstić information content (AvgIpc) is 2.84. The predicted octanol–water partition coefficient (Wildman–Crippen LogP) is 0.0384. The fraction of sp³-hybridized carbons (Fsp3) is 0.400. The summed E-state index contributed by atoms with van der Waals surface area (Å²) in [5, 5.41) is 21.4. The Balaban J connectivity index is 1.94. The number of hydrogen-bond acceptors (Lipinski definition) is 6. The third-order valence-electron chi connectivity index (χ3n) is 4.17. The second kappa shape index (κ2) is 6.62. The average molecular weight is 371 g/mol. The Morgan fingerprint density at radius 1 is 1.20 bits per heavy atom. The lowest BCUT2D eigenvalue weighted by Crippen LogP contribution is -2.35. The minimum atomic E-state index is -4.75. The van der Waals surface area contributed by atoms with Crippen molar-refractivity contribution in [3.8, 4) is 0 Å². The smallest absolute Gasteiger partial charge is 0.387 e. The summed E-state index contributed by atoms with van der Waals surface area (Å²) < 4.78 is 21.7. The summed E-state index contributed by atoms with van der Waals surface area (Å²) in [5.41, 5.74) is 0.365. The predicted molar refractivity (Wildman–Crippen MR) is 86.9 cm³/mol. The number of phosphoric acid groups is 1. The third kappa shape index (κ3) is 3.54. The molecule has 136 valence electrons. The quantitative estimate of drug-likeness (QED) is 0.553. The van der Waals surface area contributed by atoms with Gasteiger partial charge in [0.05, 0.1) is 6.61 Å². The van der Waals surface area contributed by atoms with Gasteiger partial charge in [0, 0.05) is 11.6 Å². The highest BCUT2D eigenvalue weighted by Crippen LogP contribution is 2.38. The molecule has 1 aromatic heterocycles. The molecule has 4 atom stereocenters. The second-order valence-electron chi connectivity index (χ2n) is 5.90. The van der Waals surface area contributed by atoms with Crippen molar-refractivity contribution >= 4 is 18.6 Å². The molecule has 25 heavy (non-hydrogen) atoms. The van der Waals surface area contributed by atoms with Crippen LogP contribution in [0.2, 0.25) is 0 Å². The molecule has 1 aromatic carbocycles. The minimum Gasteiger partial charge on any atom is -0.387 e. The molecule has 0 bridgehead atoms.